The highest BCUT2D eigenvalue weighted by molar-refractivity contribution is 6.35. The van der Waals surface area contributed by atoms with Gasteiger partial charge in [-0.15, -0.1) is 0 Å². The molecule has 0 saturated heterocycles. The summed E-state index contributed by atoms with van der Waals surface area (Å²) in [6, 6.07) is 14.0. The Hall–Kier alpha value is -2.30. The maximum Gasteiger partial charge on any atom is 0.262 e. The van der Waals surface area contributed by atoms with E-state index < -0.39 is 0 Å². The normalized spacial score (nSPS) is 10.5. The van der Waals surface area contributed by atoms with Crippen molar-refractivity contribution < 1.29 is 9.53 Å². The van der Waals surface area contributed by atoms with Crippen molar-refractivity contribution in [3.63, 3.8) is 0 Å². The van der Waals surface area contributed by atoms with Crippen molar-refractivity contribution in [2.75, 3.05) is 11.9 Å². The van der Waals surface area contributed by atoms with Crippen LogP contribution in [-0.4, -0.2) is 17.5 Å². The van der Waals surface area contributed by atoms with Crippen LogP contribution >= 0.6 is 23.2 Å². The monoisotopic (exact) mass is 346 g/mol. The van der Waals surface area contributed by atoms with Gasteiger partial charge < -0.3 is 10.1 Å². The summed E-state index contributed by atoms with van der Waals surface area (Å²) in [7, 11) is 0. The number of amides is 1. The summed E-state index contributed by atoms with van der Waals surface area (Å²) < 4.78 is 5.57. The summed E-state index contributed by atoms with van der Waals surface area (Å²) >= 11 is 12.0. The molecule has 1 amide bonds. The molecule has 0 saturated carbocycles. The molecule has 0 atom stereocenters. The number of benzene rings is 2. The number of rotatable bonds is 4. The SMILES string of the molecule is O=C(COc1ccc(Cl)c2cccnc12)Nc1cccc(Cl)c1. The average Bonchev–Trinajstić information content (AvgIpc) is 2.54. The van der Waals surface area contributed by atoms with E-state index in [4.69, 9.17) is 27.9 Å². The second-order valence-electron chi connectivity index (χ2n) is 4.79. The summed E-state index contributed by atoms with van der Waals surface area (Å²) in [6.07, 6.45) is 1.65. The van der Waals surface area contributed by atoms with Gasteiger partial charge in [0, 0.05) is 22.3 Å². The van der Waals surface area contributed by atoms with Crippen molar-refractivity contribution in [1.29, 1.82) is 0 Å². The zero-order valence-electron chi connectivity index (χ0n) is 11.9. The van der Waals surface area contributed by atoms with Crippen LogP contribution in [0.1, 0.15) is 0 Å². The van der Waals surface area contributed by atoms with Crippen LogP contribution in [0.5, 0.6) is 5.75 Å². The van der Waals surface area contributed by atoms with Crippen LogP contribution in [0.4, 0.5) is 5.69 Å². The maximum absolute atomic E-state index is 12.0. The molecule has 0 unspecified atom stereocenters. The van der Waals surface area contributed by atoms with Gasteiger partial charge in [-0.1, -0.05) is 29.3 Å². The van der Waals surface area contributed by atoms with Gasteiger partial charge in [-0.05, 0) is 42.5 Å². The van der Waals surface area contributed by atoms with Gasteiger partial charge in [0.2, 0.25) is 0 Å². The van der Waals surface area contributed by atoms with Gasteiger partial charge in [0.15, 0.2) is 6.61 Å². The number of pyridine rings is 1. The summed E-state index contributed by atoms with van der Waals surface area (Å²) in [5, 5.41) is 4.64. The highest BCUT2D eigenvalue weighted by Gasteiger charge is 2.09. The number of aromatic nitrogens is 1. The minimum Gasteiger partial charge on any atom is -0.481 e. The van der Waals surface area contributed by atoms with Gasteiger partial charge in [-0.2, -0.15) is 0 Å². The molecule has 0 radical (unpaired) electrons. The van der Waals surface area contributed by atoms with Crippen LogP contribution in [0.15, 0.2) is 54.7 Å². The van der Waals surface area contributed by atoms with E-state index in [1.165, 1.54) is 0 Å². The number of fused-ring (bicyclic) bond motifs is 1. The van der Waals surface area contributed by atoms with Crippen LogP contribution < -0.4 is 10.1 Å². The molecular formula is C17H12Cl2N2O2. The lowest BCUT2D eigenvalue weighted by molar-refractivity contribution is -0.118. The number of nitrogens with one attached hydrogen (secondary N) is 1. The van der Waals surface area contributed by atoms with E-state index in [0.717, 1.165) is 5.39 Å². The lowest BCUT2D eigenvalue weighted by Gasteiger charge is -2.10. The molecule has 3 aromatic rings. The number of carbonyl (C=O) groups excluding carboxylic acids is 1. The fourth-order valence-electron chi connectivity index (χ4n) is 2.14. The van der Waals surface area contributed by atoms with Crippen LogP contribution in [-0.2, 0) is 4.79 Å². The molecular weight excluding hydrogens is 335 g/mol. The molecule has 0 spiro atoms. The first-order valence-corrected chi connectivity index (χ1v) is 7.60. The Bertz CT molecular complexity index is 868. The van der Waals surface area contributed by atoms with Crippen molar-refractivity contribution >= 4 is 45.7 Å². The quantitative estimate of drug-likeness (QED) is 0.753. The Balaban J connectivity index is 1.71. The molecule has 1 aromatic heterocycles. The fourth-order valence-corrected chi connectivity index (χ4v) is 2.54. The Morgan fingerprint density at radius 2 is 2.00 bits per heavy atom. The summed E-state index contributed by atoms with van der Waals surface area (Å²) in [6.45, 7) is -0.139. The number of hydrogen-bond acceptors (Lipinski definition) is 3. The summed E-state index contributed by atoms with van der Waals surface area (Å²) in [4.78, 5) is 16.2. The van der Waals surface area contributed by atoms with E-state index in [-0.39, 0.29) is 12.5 Å². The molecule has 0 aliphatic rings. The smallest absolute Gasteiger partial charge is 0.262 e. The molecule has 3 rings (SSSR count). The van der Waals surface area contributed by atoms with E-state index in [0.29, 0.717) is 27.0 Å². The number of ether oxygens (including phenoxy) is 1. The first-order chi connectivity index (χ1) is 11.1. The molecule has 6 heteroatoms. The fraction of sp³-hybridized carbons (Fsp3) is 0.0588. The Labute approximate surface area is 143 Å². The molecule has 4 nitrogen and oxygen atoms in total. The van der Waals surface area contributed by atoms with E-state index in [2.05, 4.69) is 10.3 Å². The second kappa shape index (κ2) is 6.86. The number of halogens is 2. The van der Waals surface area contributed by atoms with Gasteiger partial charge in [-0.3, -0.25) is 9.78 Å². The third kappa shape index (κ3) is 3.73. The number of hydrogen-bond donors (Lipinski definition) is 1. The third-order valence-corrected chi connectivity index (χ3v) is 3.71. The van der Waals surface area contributed by atoms with E-state index in [1.54, 1.807) is 48.7 Å². The molecule has 2 aromatic carbocycles. The summed E-state index contributed by atoms with van der Waals surface area (Å²) in [5.41, 5.74) is 1.24. The van der Waals surface area contributed by atoms with Gasteiger partial charge in [0.25, 0.3) is 5.91 Å². The van der Waals surface area contributed by atoms with Gasteiger partial charge in [0.05, 0.1) is 5.02 Å². The van der Waals surface area contributed by atoms with Crippen molar-refractivity contribution in [3.05, 3.63) is 64.8 Å². The second-order valence-corrected chi connectivity index (χ2v) is 5.64. The molecule has 0 aliphatic heterocycles. The topological polar surface area (TPSA) is 51.2 Å². The van der Waals surface area contributed by atoms with Crippen molar-refractivity contribution in [1.82, 2.24) is 4.98 Å². The highest BCUT2D eigenvalue weighted by Crippen LogP contribution is 2.29. The zero-order chi connectivity index (χ0) is 16.2. The summed E-state index contributed by atoms with van der Waals surface area (Å²) in [5.74, 6) is 0.220. The Morgan fingerprint density at radius 1 is 1.13 bits per heavy atom. The van der Waals surface area contributed by atoms with E-state index in [1.807, 2.05) is 6.07 Å². The predicted octanol–water partition coefficient (Wildman–Crippen LogP) is 4.56. The molecule has 23 heavy (non-hydrogen) atoms. The first-order valence-electron chi connectivity index (χ1n) is 6.85. The Kier molecular flexibility index (Phi) is 4.65. The largest absolute Gasteiger partial charge is 0.481 e. The lowest BCUT2D eigenvalue weighted by atomic mass is 10.2. The van der Waals surface area contributed by atoms with Crippen LogP contribution in [0.2, 0.25) is 10.0 Å². The highest BCUT2D eigenvalue weighted by atomic mass is 35.5. The van der Waals surface area contributed by atoms with Crippen LogP contribution in [0.3, 0.4) is 0 Å². The standard InChI is InChI=1S/C17H12Cl2N2O2/c18-11-3-1-4-12(9-11)21-16(22)10-23-15-7-6-14(19)13-5-2-8-20-17(13)15/h1-9H,10H2,(H,21,22). The minimum atomic E-state index is -0.286. The number of carbonyl (C=O) groups is 1. The number of nitrogens with zero attached hydrogens (tertiary/aromatic N) is 1. The van der Waals surface area contributed by atoms with Gasteiger partial charge in [-0.25, -0.2) is 0 Å². The van der Waals surface area contributed by atoms with E-state index >= 15 is 0 Å². The van der Waals surface area contributed by atoms with Crippen molar-refractivity contribution in [2.45, 2.75) is 0 Å². The Morgan fingerprint density at radius 3 is 2.83 bits per heavy atom. The third-order valence-electron chi connectivity index (χ3n) is 3.15. The predicted molar refractivity (Wildman–Crippen MR) is 92.3 cm³/mol. The molecule has 0 aliphatic carbocycles. The van der Waals surface area contributed by atoms with Gasteiger partial charge >= 0.3 is 0 Å². The lowest BCUT2D eigenvalue weighted by Crippen LogP contribution is -2.20. The van der Waals surface area contributed by atoms with Crippen molar-refractivity contribution in [3.8, 4) is 5.75 Å². The molecule has 0 bridgehead atoms. The van der Waals surface area contributed by atoms with Crippen LogP contribution in [0.25, 0.3) is 10.9 Å². The minimum absolute atomic E-state index is 0.139. The van der Waals surface area contributed by atoms with Gasteiger partial charge in [0.1, 0.15) is 11.3 Å². The molecule has 1 heterocycles. The van der Waals surface area contributed by atoms with Crippen LogP contribution in [0, 0.1) is 0 Å². The molecule has 1 N–H and O–H groups in total. The maximum atomic E-state index is 12.0. The molecule has 0 fully saturated rings. The average molecular weight is 347 g/mol. The van der Waals surface area contributed by atoms with Crippen molar-refractivity contribution in [2.24, 2.45) is 0 Å². The molecule has 116 valence electrons. The zero-order valence-corrected chi connectivity index (χ0v) is 13.4. The number of anilines is 1. The first kappa shape index (κ1) is 15.6. The van der Waals surface area contributed by atoms with E-state index in [9.17, 15) is 4.79 Å².